The zero-order valence-electron chi connectivity index (χ0n) is 14.0. The van der Waals surface area contributed by atoms with Crippen LogP contribution in [0.4, 0.5) is 0 Å². The number of hydrogen-bond donors (Lipinski definition) is 0. The number of hydrogen-bond acceptors (Lipinski definition) is 1. The van der Waals surface area contributed by atoms with Crippen LogP contribution in [-0.4, -0.2) is 0 Å². The number of benzene rings is 2. The van der Waals surface area contributed by atoms with Crippen LogP contribution in [0.5, 0.6) is 5.75 Å². The van der Waals surface area contributed by atoms with Crippen molar-refractivity contribution in [3.8, 4) is 5.75 Å². The summed E-state index contributed by atoms with van der Waals surface area (Å²) in [5.41, 5.74) is 3.96. The first-order valence-electron chi connectivity index (χ1n) is 8.62. The molecule has 1 nitrogen and oxygen atoms in total. The van der Waals surface area contributed by atoms with Crippen LogP contribution < -0.4 is 4.74 Å². The Morgan fingerprint density at radius 2 is 1.32 bits per heavy atom. The number of rotatable bonds is 9. The van der Waals surface area contributed by atoms with Crippen LogP contribution in [0.2, 0.25) is 0 Å². The van der Waals surface area contributed by atoms with E-state index in [2.05, 4.69) is 56.3 Å². The van der Waals surface area contributed by atoms with Crippen LogP contribution in [0.15, 0.2) is 48.5 Å². The molecule has 0 saturated carbocycles. The van der Waals surface area contributed by atoms with Crippen LogP contribution in [0.25, 0.3) is 0 Å². The smallest absolute Gasteiger partial charge is 0.126 e. The van der Waals surface area contributed by atoms with Crippen LogP contribution in [-0.2, 0) is 19.4 Å². The van der Waals surface area contributed by atoms with E-state index in [1.807, 2.05) is 6.07 Å². The van der Waals surface area contributed by atoms with Gasteiger partial charge in [-0.3, -0.25) is 0 Å². The van der Waals surface area contributed by atoms with E-state index in [4.69, 9.17) is 4.74 Å². The Labute approximate surface area is 135 Å². The van der Waals surface area contributed by atoms with Crippen molar-refractivity contribution in [3.63, 3.8) is 0 Å². The minimum Gasteiger partial charge on any atom is -0.488 e. The van der Waals surface area contributed by atoms with Crippen molar-refractivity contribution in [1.29, 1.82) is 0 Å². The van der Waals surface area contributed by atoms with Crippen molar-refractivity contribution >= 4 is 0 Å². The maximum absolute atomic E-state index is 6.25. The van der Waals surface area contributed by atoms with Gasteiger partial charge in [0, 0.05) is 0 Å². The second kappa shape index (κ2) is 9.30. The van der Waals surface area contributed by atoms with Gasteiger partial charge < -0.3 is 4.74 Å². The SMILES string of the molecule is CCCCc1cccc(CCCC)c1OCc1ccccc1. The fraction of sp³-hybridized carbons (Fsp3) is 0.429. The molecule has 0 amide bonds. The van der Waals surface area contributed by atoms with Crippen molar-refractivity contribution in [2.45, 2.75) is 59.0 Å². The van der Waals surface area contributed by atoms with Gasteiger partial charge in [0.25, 0.3) is 0 Å². The fourth-order valence-corrected chi connectivity index (χ4v) is 2.68. The lowest BCUT2D eigenvalue weighted by Gasteiger charge is -2.16. The van der Waals surface area contributed by atoms with Gasteiger partial charge in [-0.05, 0) is 42.4 Å². The third kappa shape index (κ3) is 4.91. The van der Waals surface area contributed by atoms with Crippen molar-refractivity contribution in [2.24, 2.45) is 0 Å². The summed E-state index contributed by atoms with van der Waals surface area (Å²) in [7, 11) is 0. The van der Waals surface area contributed by atoms with Crippen LogP contribution >= 0.6 is 0 Å². The molecular weight excluding hydrogens is 268 g/mol. The molecular formula is C21H28O. The normalized spacial score (nSPS) is 10.6. The summed E-state index contributed by atoms with van der Waals surface area (Å²) < 4.78 is 6.25. The van der Waals surface area contributed by atoms with E-state index in [9.17, 15) is 0 Å². The quantitative estimate of drug-likeness (QED) is 0.555. The molecule has 0 spiro atoms. The molecule has 0 unspecified atom stereocenters. The second-order valence-electron chi connectivity index (χ2n) is 5.89. The van der Waals surface area contributed by atoms with Gasteiger partial charge in [-0.2, -0.15) is 0 Å². The Bertz CT molecular complexity index is 519. The van der Waals surface area contributed by atoms with Crippen LogP contribution in [0.3, 0.4) is 0 Å². The summed E-state index contributed by atoms with van der Waals surface area (Å²) >= 11 is 0. The van der Waals surface area contributed by atoms with Crippen molar-refractivity contribution in [2.75, 3.05) is 0 Å². The number of ether oxygens (including phenoxy) is 1. The van der Waals surface area contributed by atoms with Gasteiger partial charge in [0.1, 0.15) is 12.4 Å². The van der Waals surface area contributed by atoms with Crippen molar-refractivity contribution in [1.82, 2.24) is 0 Å². The molecule has 0 aromatic heterocycles. The summed E-state index contributed by atoms with van der Waals surface area (Å²) in [6.07, 6.45) is 7.10. The average Bonchev–Trinajstić information content (AvgIpc) is 2.57. The Hall–Kier alpha value is -1.76. The minimum absolute atomic E-state index is 0.656. The highest BCUT2D eigenvalue weighted by molar-refractivity contribution is 5.42. The molecule has 0 aliphatic carbocycles. The zero-order chi connectivity index (χ0) is 15.6. The number of unbranched alkanes of at least 4 members (excludes halogenated alkanes) is 2. The van der Waals surface area contributed by atoms with E-state index in [-0.39, 0.29) is 0 Å². The molecule has 2 aromatic rings. The Kier molecular flexibility index (Phi) is 7.02. The topological polar surface area (TPSA) is 9.23 Å². The predicted octanol–water partition coefficient (Wildman–Crippen LogP) is 5.95. The summed E-state index contributed by atoms with van der Waals surface area (Å²) in [5, 5.41) is 0. The molecule has 0 aliphatic rings. The third-order valence-corrected chi connectivity index (χ3v) is 4.00. The van der Waals surface area contributed by atoms with E-state index >= 15 is 0 Å². The van der Waals surface area contributed by atoms with Gasteiger partial charge in [0.15, 0.2) is 0 Å². The fourth-order valence-electron chi connectivity index (χ4n) is 2.68. The number of aryl methyl sites for hydroxylation is 2. The molecule has 0 radical (unpaired) electrons. The van der Waals surface area contributed by atoms with E-state index in [1.165, 1.54) is 42.4 Å². The van der Waals surface area contributed by atoms with Gasteiger partial charge in [-0.25, -0.2) is 0 Å². The predicted molar refractivity (Wildman–Crippen MR) is 94.4 cm³/mol. The minimum atomic E-state index is 0.656. The van der Waals surface area contributed by atoms with Gasteiger partial charge in [0.05, 0.1) is 0 Å². The Morgan fingerprint density at radius 3 is 1.86 bits per heavy atom. The molecule has 2 rings (SSSR count). The molecule has 0 atom stereocenters. The van der Waals surface area contributed by atoms with Gasteiger partial charge in [-0.15, -0.1) is 0 Å². The number of para-hydroxylation sites is 1. The summed E-state index contributed by atoms with van der Waals surface area (Å²) in [4.78, 5) is 0. The summed E-state index contributed by atoms with van der Waals surface area (Å²) in [6, 6.07) is 17.1. The highest BCUT2D eigenvalue weighted by Gasteiger charge is 2.10. The van der Waals surface area contributed by atoms with E-state index in [0.717, 1.165) is 18.6 Å². The molecule has 0 bridgehead atoms. The van der Waals surface area contributed by atoms with Gasteiger partial charge in [0.2, 0.25) is 0 Å². The molecule has 0 aliphatic heterocycles. The average molecular weight is 296 g/mol. The van der Waals surface area contributed by atoms with Gasteiger partial charge >= 0.3 is 0 Å². The first-order chi connectivity index (χ1) is 10.8. The van der Waals surface area contributed by atoms with E-state index < -0.39 is 0 Å². The maximum Gasteiger partial charge on any atom is 0.126 e. The van der Waals surface area contributed by atoms with E-state index in [0.29, 0.717) is 6.61 Å². The Balaban J connectivity index is 2.16. The lowest BCUT2D eigenvalue weighted by Crippen LogP contribution is -2.02. The molecule has 0 saturated heterocycles. The lowest BCUT2D eigenvalue weighted by atomic mass is 10.00. The molecule has 1 heteroatoms. The molecule has 118 valence electrons. The second-order valence-corrected chi connectivity index (χ2v) is 5.89. The standard InChI is InChI=1S/C21H28O/c1-3-5-13-19-15-10-16-20(14-6-4-2)21(19)22-17-18-11-8-7-9-12-18/h7-12,15-16H,3-6,13-14,17H2,1-2H3. The summed E-state index contributed by atoms with van der Waals surface area (Å²) in [6.45, 7) is 5.14. The molecule has 22 heavy (non-hydrogen) atoms. The van der Waals surface area contributed by atoms with E-state index in [1.54, 1.807) is 0 Å². The highest BCUT2D eigenvalue weighted by atomic mass is 16.5. The zero-order valence-corrected chi connectivity index (χ0v) is 14.0. The first-order valence-corrected chi connectivity index (χ1v) is 8.62. The van der Waals surface area contributed by atoms with Gasteiger partial charge in [-0.1, -0.05) is 75.2 Å². The molecule has 0 heterocycles. The molecule has 0 fully saturated rings. The summed E-state index contributed by atoms with van der Waals surface area (Å²) in [5.74, 6) is 1.13. The van der Waals surface area contributed by atoms with Crippen molar-refractivity contribution in [3.05, 3.63) is 65.2 Å². The molecule has 0 N–H and O–H groups in total. The van der Waals surface area contributed by atoms with Crippen LogP contribution in [0, 0.1) is 0 Å². The lowest BCUT2D eigenvalue weighted by molar-refractivity contribution is 0.299. The first kappa shape index (κ1) is 16.6. The van der Waals surface area contributed by atoms with Crippen LogP contribution in [0.1, 0.15) is 56.2 Å². The molecule has 2 aromatic carbocycles. The van der Waals surface area contributed by atoms with Crippen molar-refractivity contribution < 1.29 is 4.74 Å². The largest absolute Gasteiger partial charge is 0.488 e. The highest BCUT2D eigenvalue weighted by Crippen LogP contribution is 2.28. The monoisotopic (exact) mass is 296 g/mol. The third-order valence-electron chi connectivity index (χ3n) is 4.00. The maximum atomic E-state index is 6.25. The Morgan fingerprint density at radius 1 is 0.727 bits per heavy atom.